The molecule has 6 heteroatoms. The Bertz CT molecular complexity index is 1260. The predicted molar refractivity (Wildman–Crippen MR) is 146 cm³/mol. The summed E-state index contributed by atoms with van der Waals surface area (Å²) in [5.74, 6) is 0.289. The van der Waals surface area contributed by atoms with Crippen molar-refractivity contribution in [3.63, 3.8) is 0 Å². The van der Waals surface area contributed by atoms with Gasteiger partial charge >= 0.3 is 6.03 Å². The Balaban J connectivity index is 1.56. The number of hydrogen-bond acceptors (Lipinski definition) is 3. The van der Waals surface area contributed by atoms with Crippen molar-refractivity contribution in [2.75, 3.05) is 18.5 Å². The van der Waals surface area contributed by atoms with E-state index in [0.717, 1.165) is 37.1 Å². The van der Waals surface area contributed by atoms with Crippen LogP contribution in [0.25, 0.3) is 0 Å². The van der Waals surface area contributed by atoms with E-state index in [4.69, 9.17) is 11.6 Å². The number of para-hydroxylation sites is 1. The monoisotopic (exact) mass is 503 g/mol. The second-order valence-electron chi connectivity index (χ2n) is 10.4. The van der Waals surface area contributed by atoms with Gasteiger partial charge in [0.25, 0.3) is 0 Å². The third kappa shape index (κ3) is 4.82. The van der Waals surface area contributed by atoms with Gasteiger partial charge in [0.15, 0.2) is 0 Å². The van der Waals surface area contributed by atoms with Gasteiger partial charge in [-0.1, -0.05) is 48.0 Å². The molecule has 0 bridgehead atoms. The zero-order valence-electron chi connectivity index (χ0n) is 21.2. The number of carbonyl (C=O) groups is 1. The molecule has 0 spiro atoms. The number of hydrogen-bond donors (Lipinski definition) is 2. The average molecular weight is 504 g/mol. The molecule has 2 unspecified atom stereocenters. The number of amides is 2. The van der Waals surface area contributed by atoms with Crippen molar-refractivity contribution in [1.29, 1.82) is 0 Å². The van der Waals surface area contributed by atoms with E-state index in [0.29, 0.717) is 17.6 Å². The molecule has 0 aromatic heterocycles. The number of nitrogens with zero attached hydrogens (tertiary/aromatic N) is 2. The highest BCUT2D eigenvalue weighted by molar-refractivity contribution is 6.32. The Kier molecular flexibility index (Phi) is 6.96. The molecule has 1 heterocycles. The number of fused-ring (bicyclic) bond motifs is 5. The SMILES string of the molecule is CC(C)NC(=O)N(Cc1ccc2c(c1)C1c3cc(O)c(Cl)cc3CCN(C)C1CC2)c1ccccc1. The van der Waals surface area contributed by atoms with Crippen molar-refractivity contribution in [1.82, 2.24) is 10.2 Å². The normalized spacial score (nSPS) is 19.1. The Morgan fingerprint density at radius 3 is 2.58 bits per heavy atom. The van der Waals surface area contributed by atoms with E-state index in [1.54, 1.807) is 4.90 Å². The minimum atomic E-state index is -0.106. The molecular weight excluding hydrogens is 470 g/mol. The highest BCUT2D eigenvalue weighted by Gasteiger charge is 2.37. The van der Waals surface area contributed by atoms with Gasteiger partial charge in [0, 0.05) is 30.2 Å². The van der Waals surface area contributed by atoms with Gasteiger partial charge in [-0.15, -0.1) is 0 Å². The number of phenolic OH excluding ortho intramolecular Hbond substituents is 1. The number of phenols is 1. The van der Waals surface area contributed by atoms with Crippen molar-refractivity contribution in [2.24, 2.45) is 0 Å². The lowest BCUT2D eigenvalue weighted by molar-refractivity contribution is 0.214. The molecule has 5 nitrogen and oxygen atoms in total. The van der Waals surface area contributed by atoms with Gasteiger partial charge in [-0.3, -0.25) is 4.90 Å². The van der Waals surface area contributed by atoms with Crippen LogP contribution in [0.2, 0.25) is 5.02 Å². The van der Waals surface area contributed by atoms with Crippen LogP contribution in [0.1, 0.15) is 54.0 Å². The van der Waals surface area contributed by atoms with Crippen molar-refractivity contribution in [3.8, 4) is 5.75 Å². The largest absolute Gasteiger partial charge is 0.506 e. The van der Waals surface area contributed by atoms with E-state index in [1.165, 1.54) is 22.3 Å². The maximum Gasteiger partial charge on any atom is 0.322 e. The maximum absolute atomic E-state index is 13.2. The van der Waals surface area contributed by atoms with Crippen molar-refractivity contribution < 1.29 is 9.90 Å². The molecule has 2 amide bonds. The van der Waals surface area contributed by atoms with Crippen LogP contribution in [0.5, 0.6) is 5.75 Å². The number of anilines is 1. The third-order valence-corrected chi connectivity index (χ3v) is 7.85. The fourth-order valence-corrected chi connectivity index (χ4v) is 5.96. The fourth-order valence-electron chi connectivity index (χ4n) is 5.77. The van der Waals surface area contributed by atoms with Crippen LogP contribution in [0.15, 0.2) is 60.7 Å². The minimum Gasteiger partial charge on any atom is -0.506 e. The second-order valence-corrected chi connectivity index (χ2v) is 10.8. The third-order valence-electron chi connectivity index (χ3n) is 7.55. The molecule has 2 atom stereocenters. The summed E-state index contributed by atoms with van der Waals surface area (Å²) < 4.78 is 0. The molecule has 36 heavy (non-hydrogen) atoms. The molecule has 5 rings (SSSR count). The van der Waals surface area contributed by atoms with Crippen LogP contribution in [-0.4, -0.2) is 41.7 Å². The van der Waals surface area contributed by atoms with Gasteiger partial charge in [-0.2, -0.15) is 0 Å². The Morgan fingerprint density at radius 1 is 1.08 bits per heavy atom. The molecule has 1 aliphatic heterocycles. The minimum absolute atomic E-state index is 0.0468. The number of likely N-dealkylation sites (N-methyl/N-ethyl adjacent to an activating group) is 1. The molecule has 0 fully saturated rings. The van der Waals surface area contributed by atoms with Crippen molar-refractivity contribution >= 4 is 23.3 Å². The first kappa shape index (κ1) is 24.7. The summed E-state index contributed by atoms with van der Waals surface area (Å²) in [6, 6.07) is 20.6. The number of halogens is 1. The first-order valence-electron chi connectivity index (χ1n) is 12.8. The lowest BCUT2D eigenvalue weighted by atomic mass is 9.74. The molecule has 2 N–H and O–H groups in total. The molecule has 0 saturated carbocycles. The number of aryl methyl sites for hydroxylation is 1. The number of aromatic hydroxyl groups is 1. The highest BCUT2D eigenvalue weighted by atomic mass is 35.5. The summed E-state index contributed by atoms with van der Waals surface area (Å²) in [5.41, 5.74) is 6.96. The molecule has 188 valence electrons. The topological polar surface area (TPSA) is 55.8 Å². The van der Waals surface area contributed by atoms with Gasteiger partial charge in [0.2, 0.25) is 0 Å². The van der Waals surface area contributed by atoms with E-state index in [-0.39, 0.29) is 23.7 Å². The Morgan fingerprint density at radius 2 is 1.83 bits per heavy atom. The molecule has 1 aliphatic carbocycles. The highest BCUT2D eigenvalue weighted by Crippen LogP contribution is 2.44. The van der Waals surface area contributed by atoms with Crippen LogP contribution in [0, 0.1) is 0 Å². The maximum atomic E-state index is 13.2. The van der Waals surface area contributed by atoms with Gasteiger partial charge in [0.05, 0.1) is 11.6 Å². The van der Waals surface area contributed by atoms with Crippen LogP contribution in [-0.2, 0) is 19.4 Å². The quantitative estimate of drug-likeness (QED) is 0.452. The van der Waals surface area contributed by atoms with E-state index >= 15 is 0 Å². The molecule has 2 aliphatic rings. The number of nitrogens with one attached hydrogen (secondary N) is 1. The summed E-state index contributed by atoms with van der Waals surface area (Å²) in [4.78, 5) is 17.4. The predicted octanol–water partition coefficient (Wildman–Crippen LogP) is 6.10. The standard InChI is InChI=1S/C30H34ClN3O2/c1-19(2)32-30(36)34(23-7-5-4-6-8-23)18-20-9-10-21-11-12-27-29(24(21)15-20)25-17-28(35)26(31)16-22(25)13-14-33(27)3/h4-10,15-17,19,27,29,35H,11-14,18H2,1-3H3,(H,32,36). The van der Waals surface area contributed by atoms with E-state index in [1.807, 2.05) is 56.3 Å². The van der Waals surface area contributed by atoms with Crippen LogP contribution in [0.3, 0.4) is 0 Å². The van der Waals surface area contributed by atoms with Gasteiger partial charge in [-0.05, 0) is 92.2 Å². The summed E-state index contributed by atoms with van der Waals surface area (Å²) in [5, 5.41) is 14.0. The zero-order chi connectivity index (χ0) is 25.4. The zero-order valence-corrected chi connectivity index (χ0v) is 21.9. The number of rotatable bonds is 4. The summed E-state index contributed by atoms with van der Waals surface area (Å²) in [6.07, 6.45) is 3.00. The number of urea groups is 1. The van der Waals surface area contributed by atoms with Gasteiger partial charge < -0.3 is 15.3 Å². The molecule has 3 aromatic carbocycles. The molecule has 0 saturated heterocycles. The smallest absolute Gasteiger partial charge is 0.322 e. The van der Waals surface area contributed by atoms with Crippen molar-refractivity contribution in [3.05, 3.63) is 93.5 Å². The fraction of sp³-hybridized carbons (Fsp3) is 0.367. The molecule has 3 aromatic rings. The van der Waals surface area contributed by atoms with Crippen LogP contribution >= 0.6 is 11.6 Å². The van der Waals surface area contributed by atoms with E-state index in [9.17, 15) is 9.90 Å². The Labute approximate surface area is 218 Å². The van der Waals surface area contributed by atoms with E-state index in [2.05, 4.69) is 35.5 Å². The average Bonchev–Trinajstić information content (AvgIpc) is 2.99. The number of benzene rings is 3. The summed E-state index contributed by atoms with van der Waals surface area (Å²) >= 11 is 6.31. The van der Waals surface area contributed by atoms with Crippen LogP contribution < -0.4 is 10.2 Å². The van der Waals surface area contributed by atoms with Crippen LogP contribution in [0.4, 0.5) is 10.5 Å². The first-order chi connectivity index (χ1) is 17.3. The lowest BCUT2D eigenvalue weighted by Gasteiger charge is -2.38. The van der Waals surface area contributed by atoms with Crippen molar-refractivity contribution in [2.45, 2.75) is 57.7 Å². The first-order valence-corrected chi connectivity index (χ1v) is 13.2. The van der Waals surface area contributed by atoms with E-state index < -0.39 is 0 Å². The summed E-state index contributed by atoms with van der Waals surface area (Å²) in [7, 11) is 2.20. The Hall–Kier alpha value is -3.02. The second kappa shape index (κ2) is 10.2. The van der Waals surface area contributed by atoms with Gasteiger partial charge in [-0.25, -0.2) is 4.79 Å². The van der Waals surface area contributed by atoms with Gasteiger partial charge in [0.1, 0.15) is 5.75 Å². The molecular formula is C30H34ClN3O2. The summed E-state index contributed by atoms with van der Waals surface area (Å²) in [6.45, 7) is 5.38. The lowest BCUT2D eigenvalue weighted by Crippen LogP contribution is -2.43. The number of carbonyl (C=O) groups excluding carboxylic acids is 1. The molecule has 0 radical (unpaired) electrons.